The number of hydrogen-bond acceptors (Lipinski definition) is 5. The molecule has 0 aromatic carbocycles. The van der Waals surface area contributed by atoms with Crippen molar-refractivity contribution in [2.75, 3.05) is 6.61 Å². The Morgan fingerprint density at radius 1 is 1.59 bits per heavy atom. The van der Waals surface area contributed by atoms with Gasteiger partial charge >= 0.3 is 5.97 Å². The second-order valence-electron chi connectivity index (χ2n) is 3.70. The van der Waals surface area contributed by atoms with Gasteiger partial charge in [0.25, 0.3) is 0 Å². The molecule has 0 aliphatic carbocycles. The molecule has 6 heteroatoms. The molecule has 0 aliphatic heterocycles. The molecule has 0 spiro atoms. The van der Waals surface area contributed by atoms with Crippen LogP contribution in [-0.2, 0) is 16.6 Å². The van der Waals surface area contributed by atoms with Gasteiger partial charge in [0.1, 0.15) is 11.7 Å². The van der Waals surface area contributed by atoms with Gasteiger partial charge in [-0.25, -0.2) is 0 Å². The number of rotatable bonds is 6. The van der Waals surface area contributed by atoms with E-state index in [-0.39, 0.29) is 18.6 Å². The number of hydrogen-bond donors (Lipinski definition) is 1. The Hall–Kier alpha value is -1.69. The lowest BCUT2D eigenvalue weighted by atomic mass is 10.1. The first-order valence-corrected chi connectivity index (χ1v) is 5.49. The molecule has 2 N–H and O–H groups in total. The fourth-order valence-corrected chi connectivity index (χ4v) is 1.35. The average Bonchev–Trinajstić information content (AvgIpc) is 2.72. The molecule has 0 fully saturated rings. The standard InChI is InChI=1S/C11H17N3O3/c1-3-17-11(16)8(12)4-5-10(15)9-6-7-14(2)13-9/h6-8H,3-5,12H2,1-2H3/t8-/m1/s1. The third-order valence-corrected chi connectivity index (χ3v) is 2.27. The number of carbonyl (C=O) groups is 2. The van der Waals surface area contributed by atoms with Crippen LogP contribution in [0.5, 0.6) is 0 Å². The molecule has 1 rings (SSSR count). The number of ketones is 1. The van der Waals surface area contributed by atoms with E-state index in [2.05, 4.69) is 5.10 Å². The number of aromatic nitrogens is 2. The lowest BCUT2D eigenvalue weighted by molar-refractivity contribution is -0.144. The van der Waals surface area contributed by atoms with Crippen molar-refractivity contribution < 1.29 is 14.3 Å². The third-order valence-electron chi connectivity index (χ3n) is 2.27. The summed E-state index contributed by atoms with van der Waals surface area (Å²) in [5.41, 5.74) is 5.97. The maximum absolute atomic E-state index is 11.7. The number of Topliss-reactive ketones (excluding diaryl/α,β-unsaturated/α-hetero) is 1. The van der Waals surface area contributed by atoms with E-state index in [1.807, 2.05) is 0 Å². The molecule has 1 aromatic rings. The number of ether oxygens (including phenoxy) is 1. The Kier molecular flexibility index (Phi) is 4.84. The first kappa shape index (κ1) is 13.4. The summed E-state index contributed by atoms with van der Waals surface area (Å²) in [7, 11) is 1.74. The third kappa shape index (κ3) is 3.99. The van der Waals surface area contributed by atoms with Crippen LogP contribution < -0.4 is 5.73 Å². The van der Waals surface area contributed by atoms with Gasteiger partial charge in [0.15, 0.2) is 5.78 Å². The number of nitrogens with two attached hydrogens (primary N) is 1. The van der Waals surface area contributed by atoms with Crippen molar-refractivity contribution in [3.8, 4) is 0 Å². The van der Waals surface area contributed by atoms with Crippen LogP contribution in [0.1, 0.15) is 30.3 Å². The second kappa shape index (κ2) is 6.15. The predicted octanol–water partition coefficient (Wildman–Crippen LogP) is 0.273. The van der Waals surface area contributed by atoms with Crippen molar-refractivity contribution >= 4 is 11.8 Å². The number of aryl methyl sites for hydroxylation is 1. The monoisotopic (exact) mass is 239 g/mol. The van der Waals surface area contributed by atoms with Gasteiger partial charge in [0.2, 0.25) is 0 Å². The molecule has 6 nitrogen and oxygen atoms in total. The van der Waals surface area contributed by atoms with Crippen LogP contribution in [0.2, 0.25) is 0 Å². The number of carbonyl (C=O) groups excluding carboxylic acids is 2. The van der Waals surface area contributed by atoms with Crippen LogP contribution in [0.25, 0.3) is 0 Å². The zero-order valence-corrected chi connectivity index (χ0v) is 10.0. The van der Waals surface area contributed by atoms with Gasteiger partial charge in [-0.2, -0.15) is 5.10 Å². The summed E-state index contributed by atoms with van der Waals surface area (Å²) in [6.45, 7) is 2.00. The van der Waals surface area contributed by atoms with E-state index in [1.165, 1.54) is 0 Å². The highest BCUT2D eigenvalue weighted by atomic mass is 16.5. The Labute approximate surface area is 99.7 Å². The van der Waals surface area contributed by atoms with E-state index in [4.69, 9.17) is 10.5 Å². The first-order chi connectivity index (χ1) is 8.04. The molecule has 0 radical (unpaired) electrons. The van der Waals surface area contributed by atoms with E-state index in [9.17, 15) is 9.59 Å². The predicted molar refractivity (Wildman–Crippen MR) is 61.4 cm³/mol. The molecule has 0 saturated heterocycles. The second-order valence-corrected chi connectivity index (χ2v) is 3.70. The van der Waals surface area contributed by atoms with Gasteiger partial charge in [-0.3, -0.25) is 14.3 Å². The van der Waals surface area contributed by atoms with Crippen molar-refractivity contribution in [1.82, 2.24) is 9.78 Å². The minimum Gasteiger partial charge on any atom is -0.465 e. The van der Waals surface area contributed by atoms with Crippen LogP contribution >= 0.6 is 0 Å². The summed E-state index contributed by atoms with van der Waals surface area (Å²) in [5, 5.41) is 3.98. The van der Waals surface area contributed by atoms with Gasteiger partial charge in [-0.15, -0.1) is 0 Å². The summed E-state index contributed by atoms with van der Waals surface area (Å²) in [4.78, 5) is 22.9. The van der Waals surface area contributed by atoms with Gasteiger partial charge in [0.05, 0.1) is 6.61 Å². The highest BCUT2D eigenvalue weighted by Gasteiger charge is 2.17. The maximum atomic E-state index is 11.7. The van der Waals surface area contributed by atoms with E-state index >= 15 is 0 Å². The number of nitrogens with zero attached hydrogens (tertiary/aromatic N) is 2. The molecular weight excluding hydrogens is 222 g/mol. The Balaban J connectivity index is 2.40. The van der Waals surface area contributed by atoms with Gasteiger partial charge in [-0.1, -0.05) is 0 Å². The molecule has 17 heavy (non-hydrogen) atoms. The Morgan fingerprint density at radius 3 is 2.82 bits per heavy atom. The lowest BCUT2D eigenvalue weighted by Gasteiger charge is -2.08. The average molecular weight is 239 g/mol. The zero-order chi connectivity index (χ0) is 12.8. The summed E-state index contributed by atoms with van der Waals surface area (Å²) >= 11 is 0. The van der Waals surface area contributed by atoms with Crippen molar-refractivity contribution in [3.05, 3.63) is 18.0 Å². The zero-order valence-electron chi connectivity index (χ0n) is 10.0. The maximum Gasteiger partial charge on any atom is 0.322 e. The molecule has 94 valence electrons. The van der Waals surface area contributed by atoms with Crippen LogP contribution in [0.15, 0.2) is 12.3 Å². The summed E-state index contributed by atoms with van der Waals surface area (Å²) in [6.07, 6.45) is 2.16. The fourth-order valence-electron chi connectivity index (χ4n) is 1.35. The largest absolute Gasteiger partial charge is 0.465 e. The lowest BCUT2D eigenvalue weighted by Crippen LogP contribution is -2.32. The summed E-state index contributed by atoms with van der Waals surface area (Å²) in [5.74, 6) is -0.591. The quantitative estimate of drug-likeness (QED) is 0.569. The van der Waals surface area contributed by atoms with Crippen LogP contribution in [0, 0.1) is 0 Å². The minimum absolute atomic E-state index is 0.120. The fraction of sp³-hybridized carbons (Fsp3) is 0.545. The van der Waals surface area contributed by atoms with E-state index in [0.717, 1.165) is 0 Å². The first-order valence-electron chi connectivity index (χ1n) is 5.49. The van der Waals surface area contributed by atoms with Crippen molar-refractivity contribution in [1.29, 1.82) is 0 Å². The molecule has 1 aromatic heterocycles. The molecule has 1 heterocycles. The van der Waals surface area contributed by atoms with Crippen molar-refractivity contribution in [2.24, 2.45) is 12.8 Å². The number of esters is 1. The van der Waals surface area contributed by atoms with Gasteiger partial charge < -0.3 is 10.5 Å². The van der Waals surface area contributed by atoms with E-state index in [0.29, 0.717) is 12.3 Å². The molecule has 0 saturated carbocycles. The summed E-state index contributed by atoms with van der Waals surface area (Å²) < 4.78 is 6.30. The molecule has 0 bridgehead atoms. The highest BCUT2D eigenvalue weighted by molar-refractivity contribution is 5.94. The van der Waals surface area contributed by atoms with Crippen LogP contribution in [-0.4, -0.2) is 34.2 Å². The topological polar surface area (TPSA) is 87.2 Å². The molecular formula is C11H17N3O3. The van der Waals surface area contributed by atoms with Gasteiger partial charge in [-0.05, 0) is 19.4 Å². The minimum atomic E-state index is -0.748. The summed E-state index contributed by atoms with van der Waals surface area (Å²) in [6, 6.07) is 0.890. The van der Waals surface area contributed by atoms with Crippen molar-refractivity contribution in [3.63, 3.8) is 0 Å². The molecule has 1 atom stereocenters. The normalized spacial score (nSPS) is 12.2. The van der Waals surface area contributed by atoms with Crippen molar-refractivity contribution in [2.45, 2.75) is 25.8 Å². The Bertz CT molecular complexity index is 400. The smallest absolute Gasteiger partial charge is 0.322 e. The van der Waals surface area contributed by atoms with Gasteiger partial charge in [0, 0.05) is 19.7 Å². The van der Waals surface area contributed by atoms with Crippen LogP contribution in [0.3, 0.4) is 0 Å². The highest BCUT2D eigenvalue weighted by Crippen LogP contribution is 2.05. The molecule has 0 aliphatic rings. The molecule has 0 unspecified atom stereocenters. The van der Waals surface area contributed by atoms with E-state index in [1.54, 1.807) is 30.9 Å². The molecule has 0 amide bonds. The van der Waals surface area contributed by atoms with Crippen LogP contribution in [0.4, 0.5) is 0 Å². The SMILES string of the molecule is CCOC(=O)[C@H](N)CCC(=O)c1ccn(C)n1. The Morgan fingerprint density at radius 2 is 2.29 bits per heavy atom. The van der Waals surface area contributed by atoms with E-state index < -0.39 is 12.0 Å².